The van der Waals surface area contributed by atoms with Gasteiger partial charge < -0.3 is 9.84 Å². The van der Waals surface area contributed by atoms with E-state index in [2.05, 4.69) is 0 Å². The van der Waals surface area contributed by atoms with Crippen molar-refractivity contribution in [1.82, 2.24) is 0 Å². The topological polar surface area (TPSA) is 94.1 Å². The lowest BCUT2D eigenvalue weighted by atomic mass is 10.1. The molecule has 1 atom stereocenters. The first-order valence-corrected chi connectivity index (χ1v) is 6.61. The summed E-state index contributed by atoms with van der Waals surface area (Å²) in [7, 11) is 0. The number of nitrogens with zero attached hydrogens (tertiary/aromatic N) is 2. The SMILES string of the molecule is N#Cc1cc(C#N)cc(OC(Cc2cccc(F)c2)C(=O)O)c1. The molecule has 2 rings (SSSR count). The number of hydrogen-bond acceptors (Lipinski definition) is 4. The number of rotatable bonds is 5. The van der Waals surface area contributed by atoms with Gasteiger partial charge in [0.05, 0.1) is 23.3 Å². The number of carbonyl (C=O) groups is 1. The molecule has 0 saturated carbocycles. The Kier molecular flexibility index (Phi) is 4.91. The zero-order chi connectivity index (χ0) is 16.8. The zero-order valence-corrected chi connectivity index (χ0v) is 11.9. The molecule has 114 valence electrons. The molecule has 0 aromatic heterocycles. The van der Waals surface area contributed by atoms with Crippen LogP contribution < -0.4 is 4.74 Å². The van der Waals surface area contributed by atoms with Crippen LogP contribution in [0.5, 0.6) is 5.75 Å². The van der Waals surface area contributed by atoms with Crippen molar-refractivity contribution in [2.75, 3.05) is 0 Å². The van der Waals surface area contributed by atoms with Crippen molar-refractivity contribution in [3.63, 3.8) is 0 Å². The van der Waals surface area contributed by atoms with E-state index in [1.54, 1.807) is 6.07 Å². The molecule has 0 amide bonds. The number of aliphatic carboxylic acids is 1. The quantitative estimate of drug-likeness (QED) is 0.916. The smallest absolute Gasteiger partial charge is 0.345 e. The van der Waals surface area contributed by atoms with E-state index < -0.39 is 17.9 Å². The normalized spacial score (nSPS) is 11.1. The Bertz CT molecular complexity index is 789. The van der Waals surface area contributed by atoms with Crippen molar-refractivity contribution in [3.8, 4) is 17.9 Å². The third-order valence-electron chi connectivity index (χ3n) is 3.03. The number of carboxylic acid groups (broad SMARTS) is 1. The van der Waals surface area contributed by atoms with E-state index in [1.165, 1.54) is 36.4 Å². The van der Waals surface area contributed by atoms with Crippen LogP contribution in [0.15, 0.2) is 42.5 Å². The second kappa shape index (κ2) is 7.06. The molecule has 1 unspecified atom stereocenters. The molecular formula is C17H11FN2O3. The number of hydrogen-bond donors (Lipinski definition) is 1. The van der Waals surface area contributed by atoms with Gasteiger partial charge in [-0.05, 0) is 35.9 Å². The second-order valence-corrected chi connectivity index (χ2v) is 4.75. The molecule has 0 saturated heterocycles. The maximum Gasteiger partial charge on any atom is 0.345 e. The van der Waals surface area contributed by atoms with E-state index in [0.717, 1.165) is 0 Å². The highest BCUT2D eigenvalue weighted by atomic mass is 19.1. The van der Waals surface area contributed by atoms with Crippen LogP contribution >= 0.6 is 0 Å². The molecule has 0 bridgehead atoms. The summed E-state index contributed by atoms with van der Waals surface area (Å²) in [5.74, 6) is -1.59. The fourth-order valence-corrected chi connectivity index (χ4v) is 2.02. The molecule has 2 aromatic carbocycles. The van der Waals surface area contributed by atoms with E-state index >= 15 is 0 Å². The largest absolute Gasteiger partial charge is 0.478 e. The van der Waals surface area contributed by atoms with E-state index in [1.807, 2.05) is 12.1 Å². The predicted octanol–water partition coefficient (Wildman–Crippen LogP) is 2.64. The van der Waals surface area contributed by atoms with Gasteiger partial charge in [-0.1, -0.05) is 12.1 Å². The molecule has 2 aromatic rings. The molecule has 0 aliphatic heterocycles. The number of halogens is 1. The van der Waals surface area contributed by atoms with Crippen LogP contribution in [0.3, 0.4) is 0 Å². The third kappa shape index (κ3) is 4.29. The maximum atomic E-state index is 13.2. The molecule has 0 fully saturated rings. The summed E-state index contributed by atoms with van der Waals surface area (Å²) in [5, 5.41) is 27.1. The van der Waals surface area contributed by atoms with Gasteiger partial charge in [0.25, 0.3) is 0 Å². The average molecular weight is 310 g/mol. The molecule has 0 aliphatic rings. The van der Waals surface area contributed by atoms with E-state index in [9.17, 15) is 14.3 Å². The first-order valence-electron chi connectivity index (χ1n) is 6.61. The highest BCUT2D eigenvalue weighted by Crippen LogP contribution is 2.19. The van der Waals surface area contributed by atoms with Crippen molar-refractivity contribution in [2.24, 2.45) is 0 Å². The van der Waals surface area contributed by atoms with Crippen LogP contribution in [-0.2, 0) is 11.2 Å². The van der Waals surface area contributed by atoms with Gasteiger partial charge in [0.2, 0.25) is 0 Å². The van der Waals surface area contributed by atoms with Crippen LogP contribution in [0, 0.1) is 28.5 Å². The Labute approximate surface area is 131 Å². The van der Waals surface area contributed by atoms with Crippen molar-refractivity contribution in [1.29, 1.82) is 10.5 Å². The standard InChI is InChI=1S/C17H11FN2O3/c18-14-3-1-2-11(5-14)8-16(17(21)22)23-15-6-12(9-19)4-13(7-15)10-20/h1-7,16H,8H2,(H,21,22). The summed E-state index contributed by atoms with van der Waals surface area (Å²) in [6.07, 6.45) is -1.32. The predicted molar refractivity (Wildman–Crippen MR) is 78.0 cm³/mol. The fraction of sp³-hybridized carbons (Fsp3) is 0.118. The van der Waals surface area contributed by atoms with Crippen molar-refractivity contribution >= 4 is 5.97 Å². The fourth-order valence-electron chi connectivity index (χ4n) is 2.02. The molecule has 0 heterocycles. The average Bonchev–Trinajstić information content (AvgIpc) is 2.53. The van der Waals surface area contributed by atoms with Crippen LogP contribution in [0.1, 0.15) is 16.7 Å². The summed E-state index contributed by atoms with van der Waals surface area (Å²) in [4.78, 5) is 11.4. The lowest BCUT2D eigenvalue weighted by Crippen LogP contribution is -2.29. The Morgan fingerprint density at radius 3 is 2.35 bits per heavy atom. The van der Waals surface area contributed by atoms with Crippen molar-refractivity contribution < 1.29 is 19.0 Å². The monoisotopic (exact) mass is 310 g/mol. The molecule has 0 spiro atoms. The third-order valence-corrected chi connectivity index (χ3v) is 3.03. The Balaban J connectivity index is 2.25. The number of carboxylic acids is 1. The van der Waals surface area contributed by atoms with Gasteiger partial charge in [0.1, 0.15) is 11.6 Å². The van der Waals surface area contributed by atoms with Crippen LogP contribution in [0.2, 0.25) is 0 Å². The highest BCUT2D eigenvalue weighted by Gasteiger charge is 2.21. The van der Waals surface area contributed by atoms with Crippen LogP contribution in [0.4, 0.5) is 4.39 Å². The minimum atomic E-state index is -1.27. The lowest BCUT2D eigenvalue weighted by Gasteiger charge is -2.15. The molecule has 5 nitrogen and oxygen atoms in total. The van der Waals surface area contributed by atoms with Gasteiger partial charge in [-0.3, -0.25) is 0 Å². The summed E-state index contributed by atoms with van der Waals surface area (Å²) >= 11 is 0. The Hall–Kier alpha value is -3.38. The summed E-state index contributed by atoms with van der Waals surface area (Å²) in [6, 6.07) is 13.4. The highest BCUT2D eigenvalue weighted by molar-refractivity contribution is 5.73. The number of nitriles is 2. The minimum Gasteiger partial charge on any atom is -0.478 e. The van der Waals surface area contributed by atoms with Gasteiger partial charge in [-0.15, -0.1) is 0 Å². The Morgan fingerprint density at radius 1 is 1.17 bits per heavy atom. The summed E-state index contributed by atoms with van der Waals surface area (Å²) < 4.78 is 18.6. The van der Waals surface area contributed by atoms with Crippen molar-refractivity contribution in [3.05, 3.63) is 65.0 Å². The maximum absolute atomic E-state index is 13.2. The van der Waals surface area contributed by atoms with Gasteiger partial charge in [0, 0.05) is 6.42 Å². The van der Waals surface area contributed by atoms with E-state index in [4.69, 9.17) is 15.3 Å². The van der Waals surface area contributed by atoms with Crippen LogP contribution in [-0.4, -0.2) is 17.2 Å². The van der Waals surface area contributed by atoms with E-state index in [-0.39, 0.29) is 23.3 Å². The second-order valence-electron chi connectivity index (χ2n) is 4.75. The van der Waals surface area contributed by atoms with E-state index in [0.29, 0.717) is 5.56 Å². The summed E-state index contributed by atoms with van der Waals surface area (Å²) in [6.45, 7) is 0. The number of ether oxygens (including phenoxy) is 1. The molecule has 6 heteroatoms. The Morgan fingerprint density at radius 2 is 1.83 bits per heavy atom. The van der Waals surface area contributed by atoms with Crippen LogP contribution in [0.25, 0.3) is 0 Å². The molecular weight excluding hydrogens is 299 g/mol. The molecule has 23 heavy (non-hydrogen) atoms. The van der Waals surface area contributed by atoms with Gasteiger partial charge in [-0.25, -0.2) is 9.18 Å². The van der Waals surface area contributed by atoms with Crippen molar-refractivity contribution in [2.45, 2.75) is 12.5 Å². The number of benzene rings is 2. The van der Waals surface area contributed by atoms with Gasteiger partial charge in [-0.2, -0.15) is 10.5 Å². The minimum absolute atomic E-state index is 0.0498. The lowest BCUT2D eigenvalue weighted by molar-refractivity contribution is -0.145. The summed E-state index contributed by atoms with van der Waals surface area (Å²) in [5.41, 5.74) is 0.845. The molecule has 0 aliphatic carbocycles. The van der Waals surface area contributed by atoms with Gasteiger partial charge in [0.15, 0.2) is 6.10 Å². The first kappa shape index (κ1) is 16.0. The molecule has 1 N–H and O–H groups in total. The van der Waals surface area contributed by atoms with Gasteiger partial charge >= 0.3 is 5.97 Å². The molecule has 0 radical (unpaired) electrons. The first-order chi connectivity index (χ1) is 11.0. The zero-order valence-electron chi connectivity index (χ0n) is 11.9.